The number of rotatable bonds is 8. The van der Waals surface area contributed by atoms with Crippen LogP contribution in [0.1, 0.15) is 39.4 Å². The fourth-order valence-corrected chi connectivity index (χ4v) is 4.67. The zero-order valence-electron chi connectivity index (χ0n) is 20.3. The first-order chi connectivity index (χ1) is 17.0. The average molecular weight is 530 g/mol. The third-order valence-corrected chi connectivity index (χ3v) is 7.32. The molecule has 1 aromatic carbocycles. The van der Waals surface area contributed by atoms with Crippen molar-refractivity contribution in [3.63, 3.8) is 0 Å². The van der Waals surface area contributed by atoms with Crippen LogP contribution in [-0.2, 0) is 21.9 Å². The summed E-state index contributed by atoms with van der Waals surface area (Å²) in [7, 11) is -3.40. The normalized spacial score (nSPS) is 12.0. The number of aromatic nitrogens is 4. The van der Waals surface area contributed by atoms with E-state index in [1.807, 2.05) is 39.0 Å². The molecule has 0 aliphatic carbocycles. The molecule has 3 aromatic heterocycles. The van der Waals surface area contributed by atoms with Gasteiger partial charge in [0, 0.05) is 30.1 Å². The Hall–Kier alpha value is -3.58. The highest BCUT2D eigenvalue weighted by Crippen LogP contribution is 2.31. The maximum absolute atomic E-state index is 12.3. The zero-order valence-corrected chi connectivity index (χ0v) is 22.0. The van der Waals surface area contributed by atoms with Gasteiger partial charge in [-0.15, -0.1) is 0 Å². The van der Waals surface area contributed by atoms with Gasteiger partial charge in [-0.3, -0.25) is 15.0 Å². The van der Waals surface area contributed by atoms with Gasteiger partial charge in [-0.2, -0.15) is 4.98 Å². The molecule has 36 heavy (non-hydrogen) atoms. The number of anilines is 2. The summed E-state index contributed by atoms with van der Waals surface area (Å²) in [5.41, 5.74) is 2.51. The Balaban J connectivity index is 1.38. The number of benzene rings is 1. The first kappa shape index (κ1) is 25.5. The van der Waals surface area contributed by atoms with E-state index >= 15 is 0 Å². The van der Waals surface area contributed by atoms with E-state index < -0.39 is 10.0 Å². The number of nitrogens with one attached hydrogen (secondary N) is 3. The van der Waals surface area contributed by atoms with E-state index in [0.717, 1.165) is 21.3 Å². The number of carbonyl (C=O) groups excluding carboxylic acids is 1. The zero-order chi connectivity index (χ0) is 25.9. The number of pyridine rings is 1. The van der Waals surface area contributed by atoms with Gasteiger partial charge in [0.05, 0.1) is 27.9 Å². The molecule has 0 saturated carbocycles. The van der Waals surface area contributed by atoms with Crippen molar-refractivity contribution in [2.24, 2.45) is 0 Å². The minimum atomic E-state index is -3.40. The highest BCUT2D eigenvalue weighted by molar-refractivity contribution is 7.92. The fraction of sp³-hybridized carbons (Fsp3) is 0.348. The highest BCUT2D eigenvalue weighted by Gasteiger charge is 2.21. The van der Waals surface area contributed by atoms with E-state index in [9.17, 15) is 13.2 Å². The summed E-state index contributed by atoms with van der Waals surface area (Å²) in [4.78, 5) is 25.3. The van der Waals surface area contributed by atoms with Crippen molar-refractivity contribution < 1.29 is 17.7 Å². The van der Waals surface area contributed by atoms with Crippen LogP contribution in [0.25, 0.3) is 21.3 Å². The van der Waals surface area contributed by atoms with Gasteiger partial charge in [0.1, 0.15) is 0 Å². The largest absolute Gasteiger partial charge is 0.339 e. The van der Waals surface area contributed by atoms with Crippen molar-refractivity contribution in [2.45, 2.75) is 39.5 Å². The Morgan fingerprint density at radius 3 is 2.64 bits per heavy atom. The number of hydrogen-bond acceptors (Lipinski definition) is 9. The SMILES string of the molecule is CCS(=O)(=O)Nc1cncc(-c2ccc3nc(NC(=O)NCCc4noc(C(C)(C)C)n4)sc3c2)c1. The van der Waals surface area contributed by atoms with Crippen molar-refractivity contribution in [3.8, 4) is 11.1 Å². The van der Waals surface area contributed by atoms with Crippen molar-refractivity contribution in [3.05, 3.63) is 48.4 Å². The van der Waals surface area contributed by atoms with Crippen LogP contribution in [0.15, 0.2) is 41.2 Å². The molecule has 0 atom stereocenters. The minimum absolute atomic E-state index is 0.0252. The summed E-state index contributed by atoms with van der Waals surface area (Å²) >= 11 is 1.33. The molecule has 0 spiro atoms. The average Bonchev–Trinajstić information content (AvgIpc) is 3.45. The summed E-state index contributed by atoms with van der Waals surface area (Å²) in [5.74, 6) is 1.07. The molecule has 0 radical (unpaired) electrons. The minimum Gasteiger partial charge on any atom is -0.339 e. The lowest BCUT2D eigenvalue weighted by Crippen LogP contribution is -2.30. The second-order valence-electron chi connectivity index (χ2n) is 9.07. The number of fused-ring (bicyclic) bond motifs is 1. The lowest BCUT2D eigenvalue weighted by atomic mass is 9.97. The number of nitrogens with zero attached hydrogens (tertiary/aromatic N) is 4. The molecule has 13 heteroatoms. The topological polar surface area (TPSA) is 152 Å². The summed E-state index contributed by atoms with van der Waals surface area (Å²) in [5, 5.41) is 9.92. The van der Waals surface area contributed by atoms with Gasteiger partial charge >= 0.3 is 6.03 Å². The van der Waals surface area contributed by atoms with Crippen LogP contribution in [0.2, 0.25) is 0 Å². The Bertz CT molecular complexity index is 1490. The predicted octanol–water partition coefficient (Wildman–Crippen LogP) is 4.16. The summed E-state index contributed by atoms with van der Waals surface area (Å²) in [6, 6.07) is 6.99. The third kappa shape index (κ3) is 6.34. The van der Waals surface area contributed by atoms with Crippen LogP contribution in [-0.4, -0.2) is 46.9 Å². The van der Waals surface area contributed by atoms with E-state index in [-0.39, 0.29) is 17.2 Å². The molecule has 3 heterocycles. The summed E-state index contributed by atoms with van der Waals surface area (Å²) in [6.45, 7) is 7.88. The van der Waals surface area contributed by atoms with Gasteiger partial charge in [-0.05, 0) is 30.7 Å². The molecule has 0 aliphatic rings. The number of carbonyl (C=O) groups is 1. The Kier molecular flexibility index (Phi) is 7.22. The Morgan fingerprint density at radius 2 is 1.92 bits per heavy atom. The maximum atomic E-state index is 12.3. The van der Waals surface area contributed by atoms with E-state index in [4.69, 9.17) is 4.52 Å². The van der Waals surface area contributed by atoms with Crippen LogP contribution in [0.4, 0.5) is 15.6 Å². The molecule has 4 aromatic rings. The fourth-order valence-electron chi connectivity index (χ4n) is 3.15. The first-order valence-corrected chi connectivity index (χ1v) is 13.7. The third-order valence-electron chi connectivity index (χ3n) is 5.08. The quantitative estimate of drug-likeness (QED) is 0.308. The van der Waals surface area contributed by atoms with Gasteiger partial charge in [-0.1, -0.05) is 43.3 Å². The monoisotopic (exact) mass is 529 g/mol. The summed E-state index contributed by atoms with van der Waals surface area (Å²) < 4.78 is 32.4. The molecular formula is C23H27N7O4S2. The molecule has 0 unspecified atom stereocenters. The number of thiazole rings is 1. The van der Waals surface area contributed by atoms with Gasteiger partial charge < -0.3 is 9.84 Å². The Morgan fingerprint density at radius 1 is 1.11 bits per heavy atom. The molecule has 0 saturated heterocycles. The van der Waals surface area contributed by atoms with Crippen molar-refractivity contribution in [2.75, 3.05) is 22.3 Å². The summed E-state index contributed by atoms with van der Waals surface area (Å²) in [6.07, 6.45) is 3.56. The predicted molar refractivity (Wildman–Crippen MR) is 140 cm³/mol. The molecule has 11 nitrogen and oxygen atoms in total. The van der Waals surface area contributed by atoms with Crippen LogP contribution >= 0.6 is 11.3 Å². The first-order valence-electron chi connectivity index (χ1n) is 11.3. The smallest absolute Gasteiger partial charge is 0.321 e. The second kappa shape index (κ2) is 10.2. The molecule has 2 amide bonds. The van der Waals surface area contributed by atoms with Crippen LogP contribution in [0.3, 0.4) is 0 Å². The van der Waals surface area contributed by atoms with Crippen molar-refractivity contribution in [1.82, 2.24) is 25.4 Å². The molecule has 0 fully saturated rings. The van der Waals surface area contributed by atoms with Crippen molar-refractivity contribution >= 4 is 48.4 Å². The van der Waals surface area contributed by atoms with Crippen LogP contribution in [0.5, 0.6) is 0 Å². The van der Waals surface area contributed by atoms with Gasteiger partial charge in [0.2, 0.25) is 15.9 Å². The Labute approximate surface area is 212 Å². The molecule has 3 N–H and O–H groups in total. The molecule has 4 rings (SSSR count). The highest BCUT2D eigenvalue weighted by atomic mass is 32.2. The van der Waals surface area contributed by atoms with Gasteiger partial charge in [0.15, 0.2) is 11.0 Å². The molecule has 0 bridgehead atoms. The van der Waals surface area contributed by atoms with E-state index in [2.05, 4.69) is 35.5 Å². The van der Waals surface area contributed by atoms with Crippen LogP contribution in [0, 0.1) is 0 Å². The second-order valence-corrected chi connectivity index (χ2v) is 12.1. The van der Waals surface area contributed by atoms with E-state index in [1.54, 1.807) is 19.2 Å². The maximum Gasteiger partial charge on any atom is 0.321 e. The molecular weight excluding hydrogens is 502 g/mol. The number of amides is 2. The number of urea groups is 1. The lowest BCUT2D eigenvalue weighted by Gasteiger charge is -2.10. The standard InChI is InChI=1S/C23H27N7O4S2/c1-5-36(32,33)30-16-10-15(12-24-13-16)14-6-7-17-18(11-14)35-22(26-17)28-21(31)25-9-8-19-27-20(34-29-19)23(2,3)4/h6-7,10-13,30H,5,8-9H2,1-4H3,(H2,25,26,28,31). The number of hydrogen-bond donors (Lipinski definition) is 3. The van der Waals surface area contributed by atoms with E-state index in [0.29, 0.717) is 35.5 Å². The molecule has 0 aliphatic heterocycles. The van der Waals surface area contributed by atoms with Crippen molar-refractivity contribution in [1.29, 1.82) is 0 Å². The number of sulfonamides is 1. The lowest BCUT2D eigenvalue weighted by molar-refractivity contribution is 0.252. The van der Waals surface area contributed by atoms with Gasteiger partial charge in [0.25, 0.3) is 0 Å². The van der Waals surface area contributed by atoms with Gasteiger partial charge in [-0.25, -0.2) is 18.2 Å². The van der Waals surface area contributed by atoms with Crippen LogP contribution < -0.4 is 15.4 Å². The molecule has 190 valence electrons. The van der Waals surface area contributed by atoms with E-state index in [1.165, 1.54) is 17.5 Å².